The van der Waals surface area contributed by atoms with Crippen LogP contribution in [0, 0.1) is 17.8 Å². The number of carbonyl (C=O) groups is 3. The molecular weight excluding hydrogens is 540 g/mol. The molecule has 4 aliphatic rings. The van der Waals surface area contributed by atoms with Gasteiger partial charge in [-0.2, -0.15) is 0 Å². The Hall–Kier alpha value is -3.18. The van der Waals surface area contributed by atoms with Crippen LogP contribution in [0.5, 0.6) is 0 Å². The highest BCUT2D eigenvalue weighted by Crippen LogP contribution is 2.61. The van der Waals surface area contributed by atoms with Gasteiger partial charge in [0.15, 0.2) is 0 Å². The number of amides is 3. The second-order valence-electron chi connectivity index (χ2n) is 11.6. The van der Waals surface area contributed by atoms with E-state index in [1.807, 2.05) is 68.2 Å². The van der Waals surface area contributed by atoms with E-state index >= 15 is 0 Å². The van der Waals surface area contributed by atoms with Gasteiger partial charge in [-0.15, -0.1) is 16.9 Å². The summed E-state index contributed by atoms with van der Waals surface area (Å²) in [5.74, 6) is -1.72. The molecule has 4 aliphatic heterocycles. The predicted octanol–water partition coefficient (Wildman–Crippen LogP) is 2.30. The average molecular weight is 579 g/mol. The maximum Gasteiger partial charge on any atom is 0.248 e. The van der Waals surface area contributed by atoms with Crippen LogP contribution < -0.4 is 0 Å². The number of likely N-dealkylation sites (tertiary alicyclic amines) is 1. The van der Waals surface area contributed by atoms with Gasteiger partial charge in [-0.1, -0.05) is 68.8 Å². The first-order valence-electron chi connectivity index (χ1n) is 14.7. The van der Waals surface area contributed by atoms with Crippen molar-refractivity contribution < 1.29 is 19.5 Å². The van der Waals surface area contributed by atoms with Crippen molar-refractivity contribution in [2.45, 2.75) is 62.4 Å². The molecule has 1 spiro atoms. The first kappa shape index (κ1) is 28.0. The van der Waals surface area contributed by atoms with E-state index in [0.717, 1.165) is 23.9 Å². The topological polar surface area (TPSA) is 112 Å². The standard InChI is InChI=1S/C30H38N6O4S/c1-4-14-33-15-8-12-23-24(27(33)38)25-28(39)36(22(17-37)19(3)5-2)26-29(40)34(16-9-13-30(25,26)41-23)18-35-21-11-7-6-10-20(21)31-32-35/h6-13,19,22-26,37H,4-5,14-18H2,1-3H3/t19-,22-,23-,24+,25-,26?,30-/m0/s1. The Kier molecular flexibility index (Phi) is 7.44. The Morgan fingerprint density at radius 3 is 2.61 bits per heavy atom. The molecule has 3 amide bonds. The molecule has 1 unspecified atom stereocenters. The molecule has 0 saturated carbocycles. The number of aromatic nitrogens is 3. The summed E-state index contributed by atoms with van der Waals surface area (Å²) in [6.07, 6.45) is 9.64. The Balaban J connectivity index is 1.44. The van der Waals surface area contributed by atoms with Crippen molar-refractivity contribution in [1.82, 2.24) is 29.7 Å². The van der Waals surface area contributed by atoms with E-state index in [-0.39, 0.29) is 42.2 Å². The van der Waals surface area contributed by atoms with Crippen molar-refractivity contribution in [3.63, 3.8) is 0 Å². The smallest absolute Gasteiger partial charge is 0.248 e. The molecule has 2 aromatic rings. The van der Waals surface area contributed by atoms with E-state index in [9.17, 15) is 19.5 Å². The molecular formula is C30H38N6O4S. The molecule has 1 aromatic heterocycles. The third kappa shape index (κ3) is 4.31. The number of hydrogen-bond donors (Lipinski definition) is 1. The molecule has 7 atom stereocenters. The summed E-state index contributed by atoms with van der Waals surface area (Å²) >= 11 is 1.57. The number of aliphatic hydroxyl groups is 1. The third-order valence-corrected chi connectivity index (χ3v) is 11.1. The van der Waals surface area contributed by atoms with Crippen molar-refractivity contribution >= 4 is 40.5 Å². The second kappa shape index (κ2) is 10.9. The van der Waals surface area contributed by atoms with Gasteiger partial charge in [0.2, 0.25) is 17.7 Å². The lowest BCUT2D eigenvalue weighted by molar-refractivity contribution is -0.148. The SMILES string of the molecule is CCCN1CC=C[C@@H]2S[C@]34C=CCN(Cn5nnc6ccccc65)C(=O)C3N([C@@H](CO)[C@@H](C)CC)C(=O)[C@@H]4[C@@H]2C1=O. The van der Waals surface area contributed by atoms with Crippen LogP contribution in [0.4, 0.5) is 0 Å². The Labute approximate surface area is 244 Å². The van der Waals surface area contributed by atoms with Crippen LogP contribution in [0.2, 0.25) is 0 Å². The molecule has 5 heterocycles. The monoisotopic (exact) mass is 578 g/mol. The number of carbonyl (C=O) groups excluding carboxylic acids is 3. The van der Waals surface area contributed by atoms with Crippen LogP contribution in [0.15, 0.2) is 48.6 Å². The minimum Gasteiger partial charge on any atom is -0.394 e. The zero-order chi connectivity index (χ0) is 28.9. The van der Waals surface area contributed by atoms with E-state index in [0.29, 0.717) is 19.6 Å². The van der Waals surface area contributed by atoms with E-state index < -0.39 is 28.7 Å². The Bertz CT molecular complexity index is 1410. The number of para-hydroxylation sites is 1. The Morgan fingerprint density at radius 2 is 1.85 bits per heavy atom. The second-order valence-corrected chi connectivity index (χ2v) is 13.1. The van der Waals surface area contributed by atoms with Crippen molar-refractivity contribution in [3.8, 4) is 0 Å². The number of rotatable bonds is 8. The third-order valence-electron chi connectivity index (χ3n) is 9.33. The molecule has 1 N–H and O–H groups in total. The molecule has 218 valence electrons. The first-order valence-corrected chi connectivity index (χ1v) is 15.5. The molecule has 0 bridgehead atoms. The van der Waals surface area contributed by atoms with Crippen molar-refractivity contribution in [3.05, 3.63) is 48.6 Å². The lowest BCUT2D eigenvalue weighted by Gasteiger charge is -2.40. The highest BCUT2D eigenvalue weighted by molar-refractivity contribution is 8.02. The van der Waals surface area contributed by atoms with Gasteiger partial charge < -0.3 is 19.8 Å². The first-order chi connectivity index (χ1) is 19.9. The molecule has 0 aliphatic carbocycles. The zero-order valence-corrected chi connectivity index (χ0v) is 24.6. The minimum atomic E-state index is -0.918. The summed E-state index contributed by atoms with van der Waals surface area (Å²) in [7, 11) is 0. The summed E-state index contributed by atoms with van der Waals surface area (Å²) in [6.45, 7) is 7.49. The molecule has 6 rings (SSSR count). The maximum absolute atomic E-state index is 14.7. The van der Waals surface area contributed by atoms with Crippen molar-refractivity contribution in [2.75, 3.05) is 26.2 Å². The molecule has 2 fully saturated rings. The zero-order valence-electron chi connectivity index (χ0n) is 23.8. The predicted molar refractivity (Wildman–Crippen MR) is 156 cm³/mol. The lowest BCUT2D eigenvalue weighted by atomic mass is 9.78. The van der Waals surface area contributed by atoms with Crippen LogP contribution in [-0.4, -0.2) is 101 Å². The number of nitrogens with zero attached hydrogens (tertiary/aromatic N) is 6. The van der Waals surface area contributed by atoms with Gasteiger partial charge in [-0.05, 0) is 24.5 Å². The molecule has 41 heavy (non-hydrogen) atoms. The van der Waals surface area contributed by atoms with Gasteiger partial charge in [0.1, 0.15) is 18.2 Å². The largest absolute Gasteiger partial charge is 0.394 e. The van der Waals surface area contributed by atoms with Crippen LogP contribution in [0.1, 0.15) is 33.6 Å². The van der Waals surface area contributed by atoms with Crippen LogP contribution in [-0.2, 0) is 21.1 Å². The fourth-order valence-corrected chi connectivity index (χ4v) is 9.12. The van der Waals surface area contributed by atoms with Crippen LogP contribution in [0.25, 0.3) is 11.0 Å². The van der Waals surface area contributed by atoms with Gasteiger partial charge in [-0.25, -0.2) is 4.68 Å². The van der Waals surface area contributed by atoms with E-state index in [4.69, 9.17) is 0 Å². The van der Waals surface area contributed by atoms with Crippen molar-refractivity contribution in [2.24, 2.45) is 17.8 Å². The molecule has 10 nitrogen and oxygen atoms in total. The minimum absolute atomic E-state index is 0.0229. The lowest BCUT2D eigenvalue weighted by Crippen LogP contribution is -2.58. The fourth-order valence-electron chi connectivity index (χ4n) is 7.13. The number of fused-ring (bicyclic) bond motifs is 3. The average Bonchev–Trinajstić information content (AvgIpc) is 3.53. The summed E-state index contributed by atoms with van der Waals surface area (Å²) in [5.41, 5.74) is 1.56. The van der Waals surface area contributed by atoms with Crippen LogP contribution in [0.3, 0.4) is 0 Å². The number of aliphatic hydroxyl groups excluding tert-OH is 1. The number of benzene rings is 1. The van der Waals surface area contributed by atoms with Gasteiger partial charge in [0, 0.05) is 24.9 Å². The Morgan fingerprint density at radius 1 is 1.07 bits per heavy atom. The summed E-state index contributed by atoms with van der Waals surface area (Å²) < 4.78 is 0.787. The van der Waals surface area contributed by atoms with Gasteiger partial charge in [0.25, 0.3) is 0 Å². The normalized spacial score (nSPS) is 30.8. The van der Waals surface area contributed by atoms with Crippen molar-refractivity contribution in [1.29, 1.82) is 0 Å². The number of hydrogen-bond acceptors (Lipinski definition) is 7. The summed E-state index contributed by atoms with van der Waals surface area (Å²) in [6, 6.07) is 6.22. The highest BCUT2D eigenvalue weighted by Gasteiger charge is 2.71. The molecule has 1 aromatic carbocycles. The van der Waals surface area contributed by atoms with E-state index in [1.54, 1.807) is 26.2 Å². The molecule has 0 radical (unpaired) electrons. The quantitative estimate of drug-likeness (QED) is 0.479. The van der Waals surface area contributed by atoms with Gasteiger partial charge >= 0.3 is 0 Å². The molecule has 11 heteroatoms. The molecule has 2 saturated heterocycles. The fraction of sp³-hybridized carbons (Fsp3) is 0.567. The van der Waals surface area contributed by atoms with E-state index in [1.165, 1.54) is 0 Å². The summed E-state index contributed by atoms with van der Waals surface area (Å²) in [5, 5.41) is 18.9. The highest BCUT2D eigenvalue weighted by atomic mass is 32.2. The van der Waals surface area contributed by atoms with E-state index in [2.05, 4.69) is 16.4 Å². The summed E-state index contributed by atoms with van der Waals surface area (Å²) in [4.78, 5) is 48.4. The van der Waals surface area contributed by atoms with Gasteiger partial charge in [-0.3, -0.25) is 14.4 Å². The van der Waals surface area contributed by atoms with Crippen LogP contribution >= 0.6 is 11.8 Å². The van der Waals surface area contributed by atoms with Gasteiger partial charge in [0.05, 0.1) is 34.7 Å². The maximum atomic E-state index is 14.7. The number of thioether (sulfide) groups is 1.